The van der Waals surface area contributed by atoms with Crippen LogP contribution in [0.4, 0.5) is 0 Å². The lowest BCUT2D eigenvalue weighted by Crippen LogP contribution is -2.24. The van der Waals surface area contributed by atoms with Crippen LogP contribution >= 0.6 is 15.9 Å². The molecule has 0 radical (unpaired) electrons. The van der Waals surface area contributed by atoms with Crippen molar-refractivity contribution in [1.82, 2.24) is 14.9 Å². The molecule has 0 atom stereocenters. The first-order chi connectivity index (χ1) is 10.2. The molecule has 4 nitrogen and oxygen atoms in total. The molecule has 21 heavy (non-hydrogen) atoms. The molecule has 0 spiro atoms. The maximum atomic E-state index is 12.2. The van der Waals surface area contributed by atoms with E-state index in [0.29, 0.717) is 12.1 Å². The number of aryl methyl sites for hydroxylation is 1. The second-order valence-corrected chi connectivity index (χ2v) is 5.59. The van der Waals surface area contributed by atoms with Gasteiger partial charge in [0.15, 0.2) is 0 Å². The Morgan fingerprint density at radius 3 is 2.67 bits per heavy atom. The van der Waals surface area contributed by atoms with Crippen LogP contribution in [0.2, 0.25) is 0 Å². The summed E-state index contributed by atoms with van der Waals surface area (Å²) in [6.07, 6.45) is 0. The molecule has 1 aromatic heterocycles. The number of nitrogens with one attached hydrogen (secondary N) is 1. The lowest BCUT2D eigenvalue weighted by atomic mass is 10.2. The standard InChI is InChI=1S/C16H14BrN3O/c1-20-14-9-5-4-8-13(14)19-15(20)10-18-16(21)11-6-2-3-7-12(11)17/h2-9H,10H2,1H3,(H,18,21). The fourth-order valence-electron chi connectivity index (χ4n) is 2.25. The van der Waals surface area contributed by atoms with Crippen molar-refractivity contribution >= 4 is 32.9 Å². The lowest BCUT2D eigenvalue weighted by molar-refractivity contribution is 0.0949. The van der Waals surface area contributed by atoms with Crippen LogP contribution in [0.15, 0.2) is 53.0 Å². The van der Waals surface area contributed by atoms with Crippen LogP contribution in [0, 0.1) is 0 Å². The molecule has 0 aliphatic rings. The monoisotopic (exact) mass is 343 g/mol. The van der Waals surface area contributed by atoms with Crippen LogP contribution in [0.1, 0.15) is 16.2 Å². The molecule has 3 rings (SSSR count). The Bertz CT molecular complexity index is 810. The summed E-state index contributed by atoms with van der Waals surface area (Å²) in [4.78, 5) is 16.7. The molecule has 3 aromatic rings. The zero-order valence-electron chi connectivity index (χ0n) is 11.5. The lowest BCUT2D eigenvalue weighted by Gasteiger charge is -2.07. The van der Waals surface area contributed by atoms with E-state index >= 15 is 0 Å². The summed E-state index contributed by atoms with van der Waals surface area (Å²) in [6, 6.07) is 15.3. The topological polar surface area (TPSA) is 46.9 Å². The number of para-hydroxylation sites is 2. The van der Waals surface area contributed by atoms with E-state index in [4.69, 9.17) is 0 Å². The average Bonchev–Trinajstić information content (AvgIpc) is 2.82. The van der Waals surface area contributed by atoms with E-state index in [0.717, 1.165) is 21.3 Å². The second kappa shape index (κ2) is 5.69. The van der Waals surface area contributed by atoms with E-state index in [-0.39, 0.29) is 5.91 Å². The van der Waals surface area contributed by atoms with E-state index in [1.54, 1.807) is 6.07 Å². The number of carbonyl (C=O) groups is 1. The number of amides is 1. The average molecular weight is 344 g/mol. The zero-order chi connectivity index (χ0) is 14.8. The van der Waals surface area contributed by atoms with Gasteiger partial charge in [0.05, 0.1) is 23.1 Å². The van der Waals surface area contributed by atoms with Crippen molar-refractivity contribution in [2.45, 2.75) is 6.54 Å². The normalized spacial score (nSPS) is 10.8. The van der Waals surface area contributed by atoms with Gasteiger partial charge in [0.25, 0.3) is 5.91 Å². The molecular formula is C16H14BrN3O. The Hall–Kier alpha value is -2.14. The second-order valence-electron chi connectivity index (χ2n) is 4.74. The van der Waals surface area contributed by atoms with E-state index in [1.807, 2.05) is 54.1 Å². The van der Waals surface area contributed by atoms with Gasteiger partial charge in [-0.2, -0.15) is 0 Å². The van der Waals surface area contributed by atoms with Crippen LogP contribution in [-0.2, 0) is 13.6 Å². The van der Waals surface area contributed by atoms with Gasteiger partial charge >= 0.3 is 0 Å². The molecule has 0 unspecified atom stereocenters. The van der Waals surface area contributed by atoms with Crippen molar-refractivity contribution in [2.75, 3.05) is 0 Å². The van der Waals surface area contributed by atoms with Gasteiger partial charge in [-0.1, -0.05) is 24.3 Å². The van der Waals surface area contributed by atoms with Crippen LogP contribution < -0.4 is 5.32 Å². The van der Waals surface area contributed by atoms with Gasteiger partial charge in [-0.15, -0.1) is 0 Å². The van der Waals surface area contributed by atoms with Gasteiger partial charge in [-0.05, 0) is 40.2 Å². The largest absolute Gasteiger partial charge is 0.345 e. The maximum absolute atomic E-state index is 12.2. The van der Waals surface area contributed by atoms with Crippen LogP contribution in [0.3, 0.4) is 0 Å². The predicted octanol–water partition coefficient (Wildman–Crippen LogP) is 3.27. The van der Waals surface area contributed by atoms with E-state index in [9.17, 15) is 4.79 Å². The van der Waals surface area contributed by atoms with Crippen LogP contribution in [-0.4, -0.2) is 15.5 Å². The van der Waals surface area contributed by atoms with Crippen molar-refractivity contribution in [3.63, 3.8) is 0 Å². The number of hydrogen-bond donors (Lipinski definition) is 1. The summed E-state index contributed by atoms with van der Waals surface area (Å²) in [5.74, 6) is 0.714. The SMILES string of the molecule is Cn1c(CNC(=O)c2ccccc2Br)nc2ccccc21. The molecule has 5 heteroatoms. The minimum atomic E-state index is -0.116. The van der Waals surface area contributed by atoms with Gasteiger partial charge in [0.1, 0.15) is 5.82 Å². The van der Waals surface area contributed by atoms with Crippen LogP contribution in [0.5, 0.6) is 0 Å². The summed E-state index contributed by atoms with van der Waals surface area (Å²) in [5.41, 5.74) is 2.61. The Kier molecular flexibility index (Phi) is 3.75. The highest BCUT2D eigenvalue weighted by molar-refractivity contribution is 9.10. The third kappa shape index (κ3) is 2.69. The summed E-state index contributed by atoms with van der Waals surface area (Å²) in [7, 11) is 1.95. The smallest absolute Gasteiger partial charge is 0.252 e. The molecule has 1 heterocycles. The number of hydrogen-bond acceptors (Lipinski definition) is 2. The number of fused-ring (bicyclic) bond motifs is 1. The van der Waals surface area contributed by atoms with Gasteiger partial charge in [-0.3, -0.25) is 4.79 Å². The van der Waals surface area contributed by atoms with Gasteiger partial charge in [0, 0.05) is 11.5 Å². The predicted molar refractivity (Wildman–Crippen MR) is 86.0 cm³/mol. The van der Waals surface area contributed by atoms with Gasteiger partial charge < -0.3 is 9.88 Å². The number of benzene rings is 2. The van der Waals surface area contributed by atoms with E-state index < -0.39 is 0 Å². The first kappa shape index (κ1) is 13.8. The molecule has 0 saturated heterocycles. The molecular weight excluding hydrogens is 330 g/mol. The Morgan fingerprint density at radius 2 is 1.90 bits per heavy atom. The summed E-state index contributed by atoms with van der Waals surface area (Å²) in [5, 5.41) is 2.91. The molecule has 106 valence electrons. The third-order valence-electron chi connectivity index (χ3n) is 3.41. The maximum Gasteiger partial charge on any atom is 0.252 e. The highest BCUT2D eigenvalue weighted by atomic mass is 79.9. The molecule has 1 amide bonds. The van der Waals surface area contributed by atoms with Gasteiger partial charge in [0.2, 0.25) is 0 Å². The van der Waals surface area contributed by atoms with Crippen LogP contribution in [0.25, 0.3) is 11.0 Å². The van der Waals surface area contributed by atoms with Crippen molar-refractivity contribution in [1.29, 1.82) is 0 Å². The Balaban J connectivity index is 1.79. The number of halogens is 1. The molecule has 0 saturated carbocycles. The first-order valence-corrected chi connectivity index (χ1v) is 7.39. The number of nitrogens with zero attached hydrogens (tertiary/aromatic N) is 2. The fraction of sp³-hybridized carbons (Fsp3) is 0.125. The van der Waals surface area contributed by atoms with Crippen molar-refractivity contribution in [3.8, 4) is 0 Å². The minimum Gasteiger partial charge on any atom is -0.345 e. The number of aromatic nitrogens is 2. The van der Waals surface area contributed by atoms with E-state index in [1.165, 1.54) is 0 Å². The molecule has 0 aliphatic heterocycles. The first-order valence-electron chi connectivity index (χ1n) is 6.60. The number of rotatable bonds is 3. The highest BCUT2D eigenvalue weighted by Gasteiger charge is 2.11. The van der Waals surface area contributed by atoms with Crippen molar-refractivity contribution in [2.24, 2.45) is 7.05 Å². The Morgan fingerprint density at radius 1 is 1.19 bits per heavy atom. The molecule has 0 aliphatic carbocycles. The quantitative estimate of drug-likeness (QED) is 0.793. The fourth-order valence-corrected chi connectivity index (χ4v) is 2.72. The zero-order valence-corrected chi connectivity index (χ0v) is 13.1. The molecule has 2 aromatic carbocycles. The van der Waals surface area contributed by atoms with E-state index in [2.05, 4.69) is 26.2 Å². The van der Waals surface area contributed by atoms with Gasteiger partial charge in [-0.25, -0.2) is 4.98 Å². The highest BCUT2D eigenvalue weighted by Crippen LogP contribution is 2.16. The molecule has 0 bridgehead atoms. The summed E-state index contributed by atoms with van der Waals surface area (Å²) in [6.45, 7) is 0.394. The third-order valence-corrected chi connectivity index (χ3v) is 4.10. The molecule has 0 fully saturated rings. The van der Waals surface area contributed by atoms with Crippen molar-refractivity contribution in [3.05, 3.63) is 64.4 Å². The number of imidazole rings is 1. The minimum absolute atomic E-state index is 0.116. The summed E-state index contributed by atoms with van der Waals surface area (Å²) < 4.78 is 2.78. The van der Waals surface area contributed by atoms with Crippen molar-refractivity contribution < 1.29 is 4.79 Å². The summed E-state index contributed by atoms with van der Waals surface area (Å²) >= 11 is 3.38. The Labute approximate surface area is 130 Å². The molecule has 1 N–H and O–H groups in total. The number of carbonyl (C=O) groups excluding carboxylic acids is 1.